The molecule has 1 aliphatic rings. The molecule has 0 bridgehead atoms. The molecule has 0 spiro atoms. The third kappa shape index (κ3) is 3.97. The van der Waals surface area contributed by atoms with E-state index in [1.807, 2.05) is 12.1 Å². The van der Waals surface area contributed by atoms with E-state index in [1.54, 1.807) is 7.11 Å². The summed E-state index contributed by atoms with van der Waals surface area (Å²) >= 11 is 3.57. The topological polar surface area (TPSA) is 30.5 Å². The Morgan fingerprint density at radius 2 is 2.17 bits per heavy atom. The summed E-state index contributed by atoms with van der Waals surface area (Å²) in [6.07, 6.45) is 2.35. The summed E-state index contributed by atoms with van der Waals surface area (Å²) in [5.41, 5.74) is 1.24. The van der Waals surface area contributed by atoms with E-state index < -0.39 is 0 Å². The van der Waals surface area contributed by atoms with E-state index in [9.17, 15) is 0 Å². The summed E-state index contributed by atoms with van der Waals surface area (Å²) < 4.78 is 11.7. The lowest BCUT2D eigenvalue weighted by atomic mass is 10.0. The number of benzene rings is 1. The molecule has 3 nitrogen and oxygen atoms in total. The zero-order chi connectivity index (χ0) is 12.8. The summed E-state index contributed by atoms with van der Waals surface area (Å²) in [6, 6.07) is 6.07. The molecule has 1 aromatic rings. The van der Waals surface area contributed by atoms with E-state index in [0.717, 1.165) is 42.4 Å². The molecule has 1 fully saturated rings. The number of rotatable bonds is 5. The predicted molar refractivity (Wildman–Crippen MR) is 75.9 cm³/mol. The van der Waals surface area contributed by atoms with Crippen molar-refractivity contribution >= 4 is 15.9 Å². The lowest BCUT2D eigenvalue weighted by molar-refractivity contribution is 0.0662. The Bertz CT molecular complexity index is 378. The summed E-state index contributed by atoms with van der Waals surface area (Å²) in [5.74, 6) is 1.66. The van der Waals surface area contributed by atoms with Crippen molar-refractivity contribution in [3.63, 3.8) is 0 Å². The molecule has 0 saturated carbocycles. The Morgan fingerprint density at radius 1 is 1.39 bits per heavy atom. The highest BCUT2D eigenvalue weighted by Gasteiger charge is 2.13. The zero-order valence-corrected chi connectivity index (χ0v) is 12.3. The fourth-order valence-electron chi connectivity index (χ4n) is 2.18. The molecule has 0 amide bonds. The van der Waals surface area contributed by atoms with Crippen molar-refractivity contribution in [1.82, 2.24) is 5.32 Å². The molecule has 1 N–H and O–H groups in total. The first kappa shape index (κ1) is 13.8. The van der Waals surface area contributed by atoms with Gasteiger partial charge in [-0.15, -0.1) is 0 Å². The van der Waals surface area contributed by atoms with Gasteiger partial charge in [-0.3, -0.25) is 0 Å². The van der Waals surface area contributed by atoms with Crippen LogP contribution in [0.2, 0.25) is 0 Å². The summed E-state index contributed by atoms with van der Waals surface area (Å²) in [7, 11) is 1.70. The van der Waals surface area contributed by atoms with Crippen LogP contribution in [0.3, 0.4) is 0 Å². The maximum atomic E-state index is 5.36. The van der Waals surface area contributed by atoms with Gasteiger partial charge in [0.15, 0.2) is 0 Å². The molecule has 0 radical (unpaired) electrons. The average molecular weight is 314 g/mol. The van der Waals surface area contributed by atoms with Gasteiger partial charge in [-0.2, -0.15) is 0 Å². The van der Waals surface area contributed by atoms with Crippen molar-refractivity contribution in [3.8, 4) is 5.75 Å². The number of halogens is 1. The normalized spacial score (nSPS) is 16.8. The van der Waals surface area contributed by atoms with Crippen LogP contribution >= 0.6 is 15.9 Å². The van der Waals surface area contributed by atoms with Gasteiger partial charge < -0.3 is 14.8 Å². The number of methoxy groups -OCH3 is 1. The average Bonchev–Trinajstić information content (AvgIpc) is 2.42. The number of nitrogens with one attached hydrogen (secondary N) is 1. The van der Waals surface area contributed by atoms with E-state index in [1.165, 1.54) is 18.4 Å². The van der Waals surface area contributed by atoms with Gasteiger partial charge in [0.1, 0.15) is 5.75 Å². The largest absolute Gasteiger partial charge is 0.497 e. The fraction of sp³-hybridized carbons (Fsp3) is 0.571. The van der Waals surface area contributed by atoms with Crippen molar-refractivity contribution in [1.29, 1.82) is 0 Å². The first-order chi connectivity index (χ1) is 8.79. The minimum absolute atomic E-state index is 0.753. The molecule has 100 valence electrons. The molecule has 0 atom stereocenters. The molecule has 1 aliphatic heterocycles. The summed E-state index contributed by atoms with van der Waals surface area (Å²) in [6.45, 7) is 3.76. The van der Waals surface area contributed by atoms with Crippen LogP contribution in [-0.4, -0.2) is 26.9 Å². The van der Waals surface area contributed by atoms with Gasteiger partial charge in [-0.25, -0.2) is 0 Å². The minimum atomic E-state index is 0.753. The van der Waals surface area contributed by atoms with Gasteiger partial charge in [0, 0.05) is 24.2 Å². The lowest BCUT2D eigenvalue weighted by Crippen LogP contribution is -2.27. The first-order valence-corrected chi connectivity index (χ1v) is 7.20. The highest BCUT2D eigenvalue weighted by molar-refractivity contribution is 9.10. The standard InChI is InChI=1S/C14H20BrNO2/c1-17-13-2-3-14(15)12(8-13)10-16-9-11-4-6-18-7-5-11/h2-3,8,11,16H,4-7,9-10H2,1H3. The maximum Gasteiger partial charge on any atom is 0.119 e. The Morgan fingerprint density at radius 3 is 2.89 bits per heavy atom. The Balaban J connectivity index is 1.81. The molecular weight excluding hydrogens is 294 g/mol. The van der Waals surface area contributed by atoms with Gasteiger partial charge in [0.05, 0.1) is 7.11 Å². The fourth-order valence-corrected chi connectivity index (χ4v) is 2.56. The van der Waals surface area contributed by atoms with Crippen molar-refractivity contribution in [3.05, 3.63) is 28.2 Å². The van der Waals surface area contributed by atoms with Crippen LogP contribution in [0.1, 0.15) is 18.4 Å². The van der Waals surface area contributed by atoms with E-state index in [-0.39, 0.29) is 0 Å². The van der Waals surface area contributed by atoms with Crippen molar-refractivity contribution < 1.29 is 9.47 Å². The smallest absolute Gasteiger partial charge is 0.119 e. The molecular formula is C14H20BrNO2. The van der Waals surface area contributed by atoms with Gasteiger partial charge in [0.25, 0.3) is 0 Å². The second-order valence-corrected chi connectivity index (χ2v) is 5.50. The minimum Gasteiger partial charge on any atom is -0.497 e. The highest BCUT2D eigenvalue weighted by Crippen LogP contribution is 2.22. The van der Waals surface area contributed by atoms with Crippen LogP contribution in [0, 0.1) is 5.92 Å². The van der Waals surface area contributed by atoms with Gasteiger partial charge in [0.2, 0.25) is 0 Å². The Hall–Kier alpha value is -0.580. The highest BCUT2D eigenvalue weighted by atomic mass is 79.9. The van der Waals surface area contributed by atoms with Crippen molar-refractivity contribution in [2.24, 2.45) is 5.92 Å². The predicted octanol–water partition coefficient (Wildman–Crippen LogP) is 2.97. The van der Waals surface area contributed by atoms with Crippen LogP contribution < -0.4 is 10.1 Å². The van der Waals surface area contributed by atoms with Gasteiger partial charge in [-0.05, 0) is 49.1 Å². The van der Waals surface area contributed by atoms with Crippen molar-refractivity contribution in [2.45, 2.75) is 19.4 Å². The van der Waals surface area contributed by atoms with Gasteiger partial charge >= 0.3 is 0 Å². The quantitative estimate of drug-likeness (QED) is 0.906. The molecule has 18 heavy (non-hydrogen) atoms. The molecule has 4 heteroatoms. The first-order valence-electron chi connectivity index (χ1n) is 6.40. The third-order valence-electron chi connectivity index (χ3n) is 3.34. The van der Waals surface area contributed by atoms with Crippen LogP contribution in [-0.2, 0) is 11.3 Å². The van der Waals surface area contributed by atoms with E-state index >= 15 is 0 Å². The summed E-state index contributed by atoms with van der Waals surface area (Å²) in [5, 5.41) is 3.52. The third-order valence-corrected chi connectivity index (χ3v) is 4.12. The Labute approximate surface area is 117 Å². The monoisotopic (exact) mass is 313 g/mol. The SMILES string of the molecule is COc1ccc(Br)c(CNCC2CCOCC2)c1. The second kappa shape index (κ2) is 7.12. The van der Waals surface area contributed by atoms with E-state index in [4.69, 9.17) is 9.47 Å². The Kier molecular flexibility index (Phi) is 5.47. The second-order valence-electron chi connectivity index (χ2n) is 4.64. The van der Waals surface area contributed by atoms with E-state index in [0.29, 0.717) is 0 Å². The van der Waals surface area contributed by atoms with Crippen molar-refractivity contribution in [2.75, 3.05) is 26.9 Å². The molecule has 1 aromatic carbocycles. The lowest BCUT2D eigenvalue weighted by Gasteiger charge is -2.22. The molecule has 1 heterocycles. The van der Waals surface area contributed by atoms with Crippen LogP contribution in [0.25, 0.3) is 0 Å². The van der Waals surface area contributed by atoms with E-state index in [2.05, 4.69) is 27.3 Å². The number of hydrogen-bond donors (Lipinski definition) is 1. The molecule has 0 aliphatic carbocycles. The molecule has 0 unspecified atom stereocenters. The maximum absolute atomic E-state index is 5.36. The number of hydrogen-bond acceptors (Lipinski definition) is 3. The zero-order valence-electron chi connectivity index (χ0n) is 10.7. The van der Waals surface area contributed by atoms with Crippen LogP contribution in [0.5, 0.6) is 5.75 Å². The van der Waals surface area contributed by atoms with Gasteiger partial charge in [-0.1, -0.05) is 15.9 Å². The molecule has 0 aromatic heterocycles. The van der Waals surface area contributed by atoms with Crippen LogP contribution in [0.15, 0.2) is 22.7 Å². The number of ether oxygens (including phenoxy) is 2. The molecule has 2 rings (SSSR count). The molecule has 1 saturated heterocycles. The summed E-state index contributed by atoms with van der Waals surface area (Å²) in [4.78, 5) is 0. The van der Waals surface area contributed by atoms with Crippen LogP contribution in [0.4, 0.5) is 0 Å².